The van der Waals surface area contributed by atoms with E-state index in [-0.39, 0.29) is 0 Å². The SMILES string of the molecule is CN(C)Cc1cc2ccc(-c3nnc(CSCCOc4ccccc4)o3)cc2o1.O=C(O)C(=O)O. The third kappa shape index (κ3) is 8.16. The van der Waals surface area contributed by atoms with Crippen molar-refractivity contribution in [2.45, 2.75) is 12.3 Å². The summed E-state index contributed by atoms with van der Waals surface area (Å²) in [5.74, 6) is 0.787. The first kappa shape index (κ1) is 25.8. The smallest absolute Gasteiger partial charge is 0.414 e. The lowest BCUT2D eigenvalue weighted by molar-refractivity contribution is -0.159. The Balaban J connectivity index is 0.000000509. The van der Waals surface area contributed by atoms with Crippen LogP contribution in [0.3, 0.4) is 0 Å². The fourth-order valence-electron chi connectivity index (χ4n) is 2.93. The maximum absolute atomic E-state index is 9.10. The van der Waals surface area contributed by atoms with Gasteiger partial charge in [-0.3, -0.25) is 0 Å². The summed E-state index contributed by atoms with van der Waals surface area (Å²) in [7, 11) is 4.04. The van der Waals surface area contributed by atoms with Gasteiger partial charge in [0, 0.05) is 16.7 Å². The van der Waals surface area contributed by atoms with Gasteiger partial charge in [-0.1, -0.05) is 24.3 Å². The number of furan rings is 1. The van der Waals surface area contributed by atoms with E-state index in [0.29, 0.717) is 24.1 Å². The van der Waals surface area contributed by atoms with Crippen LogP contribution in [-0.2, 0) is 21.9 Å². The molecule has 10 nitrogen and oxygen atoms in total. The number of carboxylic acid groups (broad SMARTS) is 2. The van der Waals surface area contributed by atoms with Gasteiger partial charge in [0.25, 0.3) is 0 Å². The molecule has 2 aromatic heterocycles. The first-order valence-electron chi connectivity index (χ1n) is 10.5. The number of aromatic nitrogens is 2. The van der Waals surface area contributed by atoms with E-state index in [2.05, 4.69) is 21.2 Å². The molecule has 4 rings (SSSR count). The quantitative estimate of drug-likeness (QED) is 0.255. The van der Waals surface area contributed by atoms with Crippen LogP contribution in [0.1, 0.15) is 11.7 Å². The molecule has 2 aromatic carbocycles. The molecule has 0 amide bonds. The molecule has 0 aliphatic heterocycles. The number of ether oxygens (including phenoxy) is 1. The van der Waals surface area contributed by atoms with Gasteiger partial charge in [0.2, 0.25) is 11.8 Å². The fourth-order valence-corrected chi connectivity index (χ4v) is 3.57. The molecule has 2 heterocycles. The highest BCUT2D eigenvalue weighted by atomic mass is 32.2. The summed E-state index contributed by atoms with van der Waals surface area (Å²) in [5.41, 5.74) is 1.69. The van der Waals surface area contributed by atoms with Crippen molar-refractivity contribution in [2.24, 2.45) is 0 Å². The standard InChI is InChI=1S/C22H23N3O3S.C2H2O4/c1-25(2)14-19-12-16-8-9-17(13-20(16)27-19)22-24-23-21(28-22)15-29-11-10-26-18-6-4-3-5-7-18;3-1(4)2(5)6/h3-9,12-13H,10-11,14-15H2,1-2H3;(H,3,4)(H,5,6). The summed E-state index contributed by atoms with van der Waals surface area (Å²) in [4.78, 5) is 20.3. The number of carbonyl (C=O) groups is 2. The molecule has 2 N–H and O–H groups in total. The summed E-state index contributed by atoms with van der Waals surface area (Å²) in [5, 5.41) is 24.2. The molecule has 0 bridgehead atoms. The lowest BCUT2D eigenvalue weighted by atomic mass is 10.1. The average Bonchev–Trinajstić information content (AvgIpc) is 3.45. The molecule has 11 heteroatoms. The van der Waals surface area contributed by atoms with Crippen molar-refractivity contribution in [1.29, 1.82) is 0 Å². The van der Waals surface area contributed by atoms with E-state index in [1.807, 2.05) is 62.6 Å². The van der Waals surface area contributed by atoms with E-state index in [1.54, 1.807) is 11.8 Å². The Morgan fingerprint density at radius 2 is 1.74 bits per heavy atom. The second-order valence-corrected chi connectivity index (χ2v) is 8.63. The summed E-state index contributed by atoms with van der Waals surface area (Å²) < 4.78 is 17.4. The third-order valence-electron chi connectivity index (χ3n) is 4.41. The van der Waals surface area contributed by atoms with Crippen molar-refractivity contribution in [3.8, 4) is 17.2 Å². The second kappa shape index (κ2) is 12.6. The van der Waals surface area contributed by atoms with Crippen LogP contribution in [0.5, 0.6) is 5.75 Å². The normalized spacial score (nSPS) is 10.7. The zero-order chi connectivity index (χ0) is 25.2. The lowest BCUT2D eigenvalue weighted by Gasteiger charge is -2.04. The Kier molecular flexibility index (Phi) is 9.27. The maximum atomic E-state index is 9.10. The van der Waals surface area contributed by atoms with Crippen molar-refractivity contribution in [1.82, 2.24) is 15.1 Å². The highest BCUT2D eigenvalue weighted by Crippen LogP contribution is 2.27. The van der Waals surface area contributed by atoms with Crippen LogP contribution in [0.15, 0.2) is 63.4 Å². The highest BCUT2D eigenvalue weighted by molar-refractivity contribution is 7.98. The van der Waals surface area contributed by atoms with E-state index < -0.39 is 11.9 Å². The molecule has 0 aliphatic carbocycles. The Morgan fingerprint density at radius 3 is 2.43 bits per heavy atom. The summed E-state index contributed by atoms with van der Waals surface area (Å²) in [6.45, 7) is 1.40. The van der Waals surface area contributed by atoms with Crippen molar-refractivity contribution in [2.75, 3.05) is 26.5 Å². The maximum Gasteiger partial charge on any atom is 0.414 e. The fraction of sp³-hybridized carbons (Fsp3) is 0.250. The molecule has 184 valence electrons. The molecule has 0 aliphatic rings. The number of fused-ring (bicyclic) bond motifs is 1. The number of nitrogens with zero attached hydrogens (tertiary/aromatic N) is 3. The van der Waals surface area contributed by atoms with Gasteiger partial charge in [-0.05, 0) is 44.4 Å². The van der Waals surface area contributed by atoms with Gasteiger partial charge in [-0.15, -0.1) is 22.0 Å². The van der Waals surface area contributed by atoms with Crippen molar-refractivity contribution in [3.05, 3.63) is 66.2 Å². The van der Waals surface area contributed by atoms with Crippen LogP contribution >= 0.6 is 11.8 Å². The highest BCUT2D eigenvalue weighted by Gasteiger charge is 2.12. The first-order chi connectivity index (χ1) is 16.8. The van der Waals surface area contributed by atoms with Gasteiger partial charge < -0.3 is 28.7 Å². The van der Waals surface area contributed by atoms with E-state index in [1.165, 1.54) is 0 Å². The Hall–Kier alpha value is -3.83. The monoisotopic (exact) mass is 499 g/mol. The number of rotatable bonds is 9. The Morgan fingerprint density at radius 1 is 1.00 bits per heavy atom. The molecular formula is C24H25N3O7S. The second-order valence-electron chi connectivity index (χ2n) is 7.53. The molecule has 0 unspecified atom stereocenters. The topological polar surface area (TPSA) is 139 Å². The van der Waals surface area contributed by atoms with Crippen LogP contribution in [0, 0.1) is 0 Å². The van der Waals surface area contributed by atoms with Crippen LogP contribution in [0.25, 0.3) is 22.4 Å². The van der Waals surface area contributed by atoms with Crippen molar-refractivity contribution in [3.63, 3.8) is 0 Å². The number of hydrogen-bond donors (Lipinski definition) is 2. The molecule has 0 atom stereocenters. The minimum atomic E-state index is -1.82. The van der Waals surface area contributed by atoms with Gasteiger partial charge in [0.15, 0.2) is 0 Å². The predicted octanol–water partition coefficient (Wildman–Crippen LogP) is 4.01. The van der Waals surface area contributed by atoms with Gasteiger partial charge in [0.1, 0.15) is 17.1 Å². The number of hydrogen-bond acceptors (Lipinski definition) is 9. The number of thioether (sulfide) groups is 1. The summed E-state index contributed by atoms with van der Waals surface area (Å²) in [6.07, 6.45) is 0. The number of carboxylic acids is 2. The molecular weight excluding hydrogens is 474 g/mol. The van der Waals surface area contributed by atoms with Crippen LogP contribution in [-0.4, -0.2) is 63.7 Å². The van der Waals surface area contributed by atoms with Crippen molar-refractivity contribution < 1.29 is 33.4 Å². The third-order valence-corrected chi connectivity index (χ3v) is 5.31. The van der Waals surface area contributed by atoms with Gasteiger partial charge >= 0.3 is 11.9 Å². The van der Waals surface area contributed by atoms with Gasteiger partial charge in [0.05, 0.1) is 18.9 Å². The van der Waals surface area contributed by atoms with Gasteiger partial charge in [-0.25, -0.2) is 9.59 Å². The number of para-hydroxylation sites is 1. The summed E-state index contributed by atoms with van der Waals surface area (Å²) >= 11 is 1.70. The van der Waals surface area contributed by atoms with E-state index in [9.17, 15) is 0 Å². The minimum Gasteiger partial charge on any atom is -0.493 e. The Bertz CT molecular complexity index is 1240. The lowest BCUT2D eigenvalue weighted by Crippen LogP contribution is -2.09. The Labute approximate surface area is 205 Å². The molecule has 35 heavy (non-hydrogen) atoms. The molecule has 0 fully saturated rings. The minimum absolute atomic E-state index is 0.508. The first-order valence-corrected chi connectivity index (χ1v) is 11.7. The average molecular weight is 500 g/mol. The summed E-state index contributed by atoms with van der Waals surface area (Å²) in [6, 6.07) is 17.8. The van der Waals surface area contributed by atoms with E-state index in [0.717, 1.165) is 40.3 Å². The number of aliphatic carboxylic acids is 2. The van der Waals surface area contributed by atoms with Crippen LogP contribution in [0.4, 0.5) is 0 Å². The van der Waals surface area contributed by atoms with Crippen molar-refractivity contribution >= 4 is 34.7 Å². The van der Waals surface area contributed by atoms with E-state index in [4.69, 9.17) is 33.4 Å². The zero-order valence-corrected chi connectivity index (χ0v) is 20.0. The molecule has 0 saturated heterocycles. The molecule has 4 aromatic rings. The van der Waals surface area contributed by atoms with Crippen LogP contribution in [0.2, 0.25) is 0 Å². The van der Waals surface area contributed by atoms with Crippen LogP contribution < -0.4 is 4.74 Å². The molecule has 0 radical (unpaired) electrons. The molecule has 0 spiro atoms. The molecule has 0 saturated carbocycles. The largest absolute Gasteiger partial charge is 0.493 e. The zero-order valence-electron chi connectivity index (χ0n) is 19.2. The number of benzene rings is 2. The van der Waals surface area contributed by atoms with E-state index >= 15 is 0 Å². The predicted molar refractivity (Wildman–Crippen MR) is 130 cm³/mol. The van der Waals surface area contributed by atoms with Gasteiger partial charge in [-0.2, -0.15) is 0 Å².